The fourth-order valence-corrected chi connectivity index (χ4v) is 3.21. The van der Waals surface area contributed by atoms with E-state index >= 15 is 0 Å². The molecule has 1 aromatic rings. The maximum Gasteiger partial charge on any atom is 0.416 e. The molecule has 0 radical (unpaired) electrons. The van der Waals surface area contributed by atoms with Gasteiger partial charge < -0.3 is 15.4 Å². The first-order valence-electron chi connectivity index (χ1n) is 9.43. The molecule has 5 nitrogen and oxygen atoms in total. The Labute approximate surface area is 186 Å². The van der Waals surface area contributed by atoms with Gasteiger partial charge in [-0.25, -0.2) is 9.38 Å². The Morgan fingerprint density at radius 1 is 1.34 bits per heavy atom. The summed E-state index contributed by atoms with van der Waals surface area (Å²) in [7, 11) is 0. The van der Waals surface area contributed by atoms with Crippen molar-refractivity contribution in [3.63, 3.8) is 0 Å². The van der Waals surface area contributed by atoms with Gasteiger partial charge in [-0.05, 0) is 38.5 Å². The zero-order chi connectivity index (χ0) is 20.7. The molecule has 0 aliphatic carbocycles. The van der Waals surface area contributed by atoms with Gasteiger partial charge in [-0.1, -0.05) is 6.07 Å². The van der Waals surface area contributed by atoms with Crippen molar-refractivity contribution in [2.45, 2.75) is 45.6 Å². The molecule has 1 aliphatic heterocycles. The lowest BCUT2D eigenvalue weighted by Gasteiger charge is -2.38. The van der Waals surface area contributed by atoms with E-state index in [0.29, 0.717) is 44.4 Å². The second-order valence-electron chi connectivity index (χ2n) is 6.89. The first kappa shape index (κ1) is 25.9. The number of hydrogen-bond donors (Lipinski definition) is 2. The van der Waals surface area contributed by atoms with E-state index in [1.807, 2.05) is 6.92 Å². The standard InChI is InChI=1S/C19H28F4N4O.HI/c1-4-24-18(25-10-13(2)27-7-8-28-12-14(27)3)26-11-15-5-6-16(20)9-17(15)19(21,22)23;/h5-6,9,13-14H,4,7-8,10-12H2,1-3H3,(H2,24,25,26);1H. The maximum absolute atomic E-state index is 13.2. The number of nitrogens with one attached hydrogen (secondary N) is 2. The normalized spacial score (nSPS) is 19.4. The van der Waals surface area contributed by atoms with Crippen LogP contribution in [0.25, 0.3) is 0 Å². The molecule has 1 aliphatic rings. The lowest BCUT2D eigenvalue weighted by atomic mass is 10.1. The molecule has 0 amide bonds. The maximum atomic E-state index is 13.2. The van der Waals surface area contributed by atoms with Gasteiger partial charge in [-0.2, -0.15) is 13.2 Å². The fourth-order valence-electron chi connectivity index (χ4n) is 3.21. The number of rotatable bonds is 6. The van der Waals surface area contributed by atoms with Crippen molar-refractivity contribution < 1.29 is 22.3 Å². The molecule has 166 valence electrons. The van der Waals surface area contributed by atoms with Crippen LogP contribution in [0, 0.1) is 5.82 Å². The van der Waals surface area contributed by atoms with E-state index in [2.05, 4.69) is 34.4 Å². The molecule has 29 heavy (non-hydrogen) atoms. The van der Waals surface area contributed by atoms with Crippen molar-refractivity contribution in [2.24, 2.45) is 4.99 Å². The third-order valence-electron chi connectivity index (χ3n) is 4.68. The minimum absolute atomic E-state index is 0. The molecule has 10 heteroatoms. The topological polar surface area (TPSA) is 48.9 Å². The Hall–Kier alpha value is -1.14. The smallest absolute Gasteiger partial charge is 0.379 e. The minimum Gasteiger partial charge on any atom is -0.379 e. The lowest BCUT2D eigenvalue weighted by Crippen LogP contribution is -2.53. The van der Waals surface area contributed by atoms with Crippen LogP contribution in [0.3, 0.4) is 0 Å². The molecule has 0 spiro atoms. The molecule has 2 unspecified atom stereocenters. The summed E-state index contributed by atoms with van der Waals surface area (Å²) in [5, 5.41) is 6.21. The van der Waals surface area contributed by atoms with Crippen LogP contribution in [-0.4, -0.2) is 55.8 Å². The van der Waals surface area contributed by atoms with Gasteiger partial charge in [-0.15, -0.1) is 24.0 Å². The van der Waals surface area contributed by atoms with Gasteiger partial charge in [0.15, 0.2) is 5.96 Å². The molecule has 2 rings (SSSR count). The van der Waals surface area contributed by atoms with Gasteiger partial charge in [0.2, 0.25) is 0 Å². The third kappa shape index (κ3) is 7.89. The summed E-state index contributed by atoms with van der Waals surface area (Å²) in [4.78, 5) is 6.57. The second kappa shape index (κ2) is 11.9. The molecule has 2 atom stereocenters. The molecular weight excluding hydrogens is 503 g/mol. The van der Waals surface area contributed by atoms with Crippen LogP contribution in [0.15, 0.2) is 23.2 Å². The zero-order valence-corrected chi connectivity index (χ0v) is 19.2. The summed E-state index contributed by atoms with van der Waals surface area (Å²) in [6.45, 7) is 9.23. The Morgan fingerprint density at radius 2 is 2.07 bits per heavy atom. The molecular formula is C19H29F4IN4O. The Morgan fingerprint density at radius 3 is 2.69 bits per heavy atom. The average molecular weight is 532 g/mol. The quantitative estimate of drug-likeness (QED) is 0.255. The summed E-state index contributed by atoms with van der Waals surface area (Å²) >= 11 is 0. The van der Waals surface area contributed by atoms with E-state index in [9.17, 15) is 17.6 Å². The first-order chi connectivity index (χ1) is 13.2. The van der Waals surface area contributed by atoms with Crippen molar-refractivity contribution in [2.75, 3.05) is 32.8 Å². The fraction of sp³-hybridized carbons (Fsp3) is 0.632. The number of nitrogens with zero attached hydrogens (tertiary/aromatic N) is 2. The van der Waals surface area contributed by atoms with Crippen molar-refractivity contribution >= 4 is 29.9 Å². The number of morpholine rings is 1. The van der Waals surface area contributed by atoms with E-state index in [-0.39, 0.29) is 42.1 Å². The van der Waals surface area contributed by atoms with Gasteiger partial charge in [0.05, 0.1) is 25.3 Å². The molecule has 1 fully saturated rings. The van der Waals surface area contributed by atoms with Gasteiger partial charge in [0.25, 0.3) is 0 Å². The molecule has 1 aromatic carbocycles. The predicted molar refractivity (Wildman–Crippen MR) is 116 cm³/mol. The van der Waals surface area contributed by atoms with E-state index in [1.165, 1.54) is 0 Å². The van der Waals surface area contributed by atoms with Crippen LogP contribution in [0.4, 0.5) is 17.6 Å². The molecule has 2 N–H and O–H groups in total. The van der Waals surface area contributed by atoms with Gasteiger partial charge >= 0.3 is 6.18 Å². The minimum atomic E-state index is -4.63. The number of benzene rings is 1. The average Bonchev–Trinajstić information content (AvgIpc) is 2.64. The number of aliphatic imine (C=N–C) groups is 1. The Balaban J connectivity index is 0.00000420. The number of ether oxygens (including phenoxy) is 1. The van der Waals surface area contributed by atoms with Gasteiger partial charge in [0.1, 0.15) is 5.82 Å². The van der Waals surface area contributed by atoms with Crippen LogP contribution in [0.1, 0.15) is 31.9 Å². The van der Waals surface area contributed by atoms with Gasteiger partial charge in [0, 0.05) is 31.7 Å². The summed E-state index contributed by atoms with van der Waals surface area (Å²) in [6, 6.07) is 3.16. The molecule has 1 heterocycles. The van der Waals surface area contributed by atoms with Crippen molar-refractivity contribution in [1.82, 2.24) is 15.5 Å². The van der Waals surface area contributed by atoms with Crippen molar-refractivity contribution in [3.05, 3.63) is 35.1 Å². The first-order valence-corrected chi connectivity index (χ1v) is 9.43. The monoisotopic (exact) mass is 532 g/mol. The summed E-state index contributed by atoms with van der Waals surface area (Å²) in [6.07, 6.45) is -4.63. The number of halogens is 5. The van der Waals surface area contributed by atoms with E-state index in [0.717, 1.165) is 18.7 Å². The van der Waals surface area contributed by atoms with Crippen LogP contribution >= 0.6 is 24.0 Å². The highest BCUT2D eigenvalue weighted by Gasteiger charge is 2.33. The molecule has 0 bridgehead atoms. The second-order valence-corrected chi connectivity index (χ2v) is 6.89. The zero-order valence-electron chi connectivity index (χ0n) is 16.9. The van der Waals surface area contributed by atoms with Crippen molar-refractivity contribution in [3.8, 4) is 0 Å². The summed E-state index contributed by atoms with van der Waals surface area (Å²) < 4.78 is 58.1. The van der Waals surface area contributed by atoms with E-state index in [4.69, 9.17) is 4.74 Å². The molecule has 1 saturated heterocycles. The third-order valence-corrected chi connectivity index (χ3v) is 4.68. The number of alkyl halides is 3. The van der Waals surface area contributed by atoms with E-state index < -0.39 is 17.6 Å². The van der Waals surface area contributed by atoms with Crippen LogP contribution in [0.2, 0.25) is 0 Å². The van der Waals surface area contributed by atoms with Crippen molar-refractivity contribution in [1.29, 1.82) is 0 Å². The largest absolute Gasteiger partial charge is 0.416 e. The highest BCUT2D eigenvalue weighted by atomic mass is 127. The van der Waals surface area contributed by atoms with Crippen LogP contribution < -0.4 is 10.6 Å². The van der Waals surface area contributed by atoms with E-state index in [1.54, 1.807) is 0 Å². The Bertz CT molecular complexity index is 672. The number of guanidine groups is 1. The summed E-state index contributed by atoms with van der Waals surface area (Å²) in [5.41, 5.74) is -1.07. The lowest BCUT2D eigenvalue weighted by molar-refractivity contribution is -0.138. The van der Waals surface area contributed by atoms with Gasteiger partial charge in [-0.3, -0.25) is 4.90 Å². The molecule has 0 saturated carbocycles. The highest BCUT2D eigenvalue weighted by molar-refractivity contribution is 14.0. The SMILES string of the molecule is CCNC(=NCc1ccc(F)cc1C(F)(F)F)NCC(C)N1CCOCC1C.I. The highest BCUT2D eigenvalue weighted by Crippen LogP contribution is 2.32. The Kier molecular flexibility index (Phi) is 10.6. The molecule has 0 aromatic heterocycles. The summed E-state index contributed by atoms with van der Waals surface area (Å²) in [5.74, 6) is -0.494. The van der Waals surface area contributed by atoms with Crippen LogP contribution in [-0.2, 0) is 17.5 Å². The van der Waals surface area contributed by atoms with Crippen LogP contribution in [0.5, 0.6) is 0 Å². The predicted octanol–water partition coefficient (Wildman–Crippen LogP) is 3.63. The number of hydrogen-bond acceptors (Lipinski definition) is 3.